The first-order valence-electron chi connectivity index (χ1n) is 9.32. The van der Waals surface area contributed by atoms with Crippen LogP contribution in [0.5, 0.6) is 11.6 Å². The van der Waals surface area contributed by atoms with Gasteiger partial charge in [-0.2, -0.15) is 0 Å². The summed E-state index contributed by atoms with van der Waals surface area (Å²) in [5.41, 5.74) is 2.41. The summed E-state index contributed by atoms with van der Waals surface area (Å²) >= 11 is 0. The van der Waals surface area contributed by atoms with Crippen LogP contribution in [-0.2, 0) is 6.54 Å². The third-order valence-electron chi connectivity index (χ3n) is 4.33. The minimum atomic E-state index is 0.454. The molecule has 1 unspecified atom stereocenters. The van der Waals surface area contributed by atoms with Gasteiger partial charge in [-0.1, -0.05) is 19.1 Å². The molecule has 6 heteroatoms. The van der Waals surface area contributed by atoms with Crippen molar-refractivity contribution in [1.82, 2.24) is 15.6 Å². The Morgan fingerprint density at radius 3 is 2.63 bits per heavy atom. The molecule has 1 heterocycles. The molecule has 2 rings (SSSR count). The number of hydrogen-bond acceptors (Lipinski definition) is 4. The first-order chi connectivity index (χ1) is 13.2. The van der Waals surface area contributed by atoms with Gasteiger partial charge in [-0.15, -0.1) is 0 Å². The first kappa shape index (κ1) is 20.6. The van der Waals surface area contributed by atoms with Crippen molar-refractivity contribution in [2.45, 2.75) is 32.7 Å². The van der Waals surface area contributed by atoms with E-state index in [1.165, 1.54) is 5.56 Å². The van der Waals surface area contributed by atoms with E-state index in [-0.39, 0.29) is 0 Å². The fourth-order valence-corrected chi connectivity index (χ4v) is 2.70. The van der Waals surface area contributed by atoms with E-state index in [0.29, 0.717) is 24.9 Å². The molecule has 0 spiro atoms. The van der Waals surface area contributed by atoms with E-state index in [9.17, 15) is 0 Å². The minimum Gasteiger partial charge on any atom is -0.497 e. The standard InChI is InChI=1S/C21H30N4O2/c1-5-27-20-14-17(11-13-23-20)15-25-21(22-3)24-12-10-16(2)18-6-8-19(26-4)9-7-18/h6-9,11,13-14,16H,5,10,12,15H2,1-4H3,(H2,22,24,25). The second-order valence-corrected chi connectivity index (χ2v) is 6.25. The van der Waals surface area contributed by atoms with Crippen LogP contribution in [0.15, 0.2) is 47.6 Å². The number of nitrogens with one attached hydrogen (secondary N) is 2. The van der Waals surface area contributed by atoms with E-state index in [2.05, 4.69) is 39.7 Å². The zero-order valence-corrected chi connectivity index (χ0v) is 16.7. The summed E-state index contributed by atoms with van der Waals surface area (Å²) in [6.45, 7) is 6.29. The molecule has 2 N–H and O–H groups in total. The number of guanidine groups is 1. The van der Waals surface area contributed by atoms with Crippen molar-refractivity contribution in [2.24, 2.45) is 4.99 Å². The maximum Gasteiger partial charge on any atom is 0.213 e. The highest BCUT2D eigenvalue weighted by molar-refractivity contribution is 5.79. The molecule has 1 aromatic heterocycles. The Hall–Kier alpha value is -2.76. The predicted molar refractivity (Wildman–Crippen MR) is 110 cm³/mol. The van der Waals surface area contributed by atoms with E-state index in [0.717, 1.165) is 30.2 Å². The second-order valence-electron chi connectivity index (χ2n) is 6.25. The van der Waals surface area contributed by atoms with Gasteiger partial charge >= 0.3 is 0 Å². The van der Waals surface area contributed by atoms with Crippen molar-refractivity contribution < 1.29 is 9.47 Å². The fraction of sp³-hybridized carbons (Fsp3) is 0.429. The summed E-state index contributed by atoms with van der Waals surface area (Å²) in [6, 6.07) is 12.2. The van der Waals surface area contributed by atoms with Crippen molar-refractivity contribution in [1.29, 1.82) is 0 Å². The Morgan fingerprint density at radius 2 is 1.96 bits per heavy atom. The average Bonchev–Trinajstić information content (AvgIpc) is 2.71. The van der Waals surface area contributed by atoms with E-state index in [1.807, 2.05) is 31.2 Å². The van der Waals surface area contributed by atoms with Crippen LogP contribution in [0, 0.1) is 0 Å². The van der Waals surface area contributed by atoms with Crippen molar-refractivity contribution in [3.05, 3.63) is 53.7 Å². The zero-order valence-electron chi connectivity index (χ0n) is 16.7. The molecule has 1 atom stereocenters. The van der Waals surface area contributed by atoms with Gasteiger partial charge in [0, 0.05) is 32.4 Å². The van der Waals surface area contributed by atoms with Gasteiger partial charge in [0.05, 0.1) is 13.7 Å². The van der Waals surface area contributed by atoms with Crippen LogP contribution in [-0.4, -0.2) is 38.3 Å². The summed E-state index contributed by atoms with van der Waals surface area (Å²) in [5.74, 6) is 2.77. The summed E-state index contributed by atoms with van der Waals surface area (Å²) in [6.07, 6.45) is 2.77. The van der Waals surface area contributed by atoms with Crippen LogP contribution < -0.4 is 20.1 Å². The highest BCUT2D eigenvalue weighted by atomic mass is 16.5. The van der Waals surface area contributed by atoms with Gasteiger partial charge < -0.3 is 20.1 Å². The Morgan fingerprint density at radius 1 is 1.19 bits per heavy atom. The lowest BCUT2D eigenvalue weighted by molar-refractivity contribution is 0.326. The number of pyridine rings is 1. The molecule has 6 nitrogen and oxygen atoms in total. The topological polar surface area (TPSA) is 67.8 Å². The second kappa shape index (κ2) is 11.1. The van der Waals surface area contributed by atoms with E-state index in [1.54, 1.807) is 20.4 Å². The largest absolute Gasteiger partial charge is 0.497 e. The molecule has 0 radical (unpaired) electrons. The molecule has 0 amide bonds. The predicted octanol–water partition coefficient (Wildman–Crippen LogP) is 3.35. The van der Waals surface area contributed by atoms with E-state index < -0.39 is 0 Å². The molecular formula is C21H30N4O2. The summed E-state index contributed by atoms with van der Waals surface area (Å²) in [5, 5.41) is 6.69. The lowest BCUT2D eigenvalue weighted by atomic mass is 9.98. The number of aromatic nitrogens is 1. The highest BCUT2D eigenvalue weighted by Crippen LogP contribution is 2.21. The fourth-order valence-electron chi connectivity index (χ4n) is 2.70. The smallest absolute Gasteiger partial charge is 0.213 e. The molecule has 0 fully saturated rings. The number of rotatable bonds is 9. The molecule has 1 aromatic carbocycles. The minimum absolute atomic E-state index is 0.454. The molecule has 0 aliphatic carbocycles. The lowest BCUT2D eigenvalue weighted by Gasteiger charge is -2.15. The van der Waals surface area contributed by atoms with Gasteiger partial charge in [-0.3, -0.25) is 4.99 Å². The number of hydrogen-bond donors (Lipinski definition) is 2. The van der Waals surface area contributed by atoms with Gasteiger partial charge in [0.15, 0.2) is 5.96 Å². The molecule has 0 aliphatic rings. The number of aliphatic imine (C=N–C) groups is 1. The Balaban J connectivity index is 1.77. The molecule has 146 valence electrons. The van der Waals surface area contributed by atoms with Crippen molar-refractivity contribution in [3.63, 3.8) is 0 Å². The number of methoxy groups -OCH3 is 1. The lowest BCUT2D eigenvalue weighted by Crippen LogP contribution is -2.37. The van der Waals surface area contributed by atoms with Crippen LogP contribution in [0.1, 0.15) is 37.3 Å². The molecular weight excluding hydrogens is 340 g/mol. The van der Waals surface area contributed by atoms with Gasteiger partial charge in [0.2, 0.25) is 5.88 Å². The monoisotopic (exact) mass is 370 g/mol. The first-order valence-corrected chi connectivity index (χ1v) is 9.32. The normalized spacial score (nSPS) is 12.4. The summed E-state index contributed by atoms with van der Waals surface area (Å²) in [7, 11) is 3.46. The van der Waals surface area contributed by atoms with Crippen LogP contribution in [0.3, 0.4) is 0 Å². The molecule has 27 heavy (non-hydrogen) atoms. The Labute approximate surface area is 162 Å². The van der Waals surface area contributed by atoms with Crippen molar-refractivity contribution in [2.75, 3.05) is 27.3 Å². The van der Waals surface area contributed by atoms with Gasteiger partial charge in [-0.25, -0.2) is 4.98 Å². The van der Waals surface area contributed by atoms with Crippen LogP contribution in [0.4, 0.5) is 0 Å². The van der Waals surface area contributed by atoms with Gasteiger partial charge in [0.1, 0.15) is 5.75 Å². The highest BCUT2D eigenvalue weighted by Gasteiger charge is 2.07. The molecule has 0 saturated carbocycles. The van der Waals surface area contributed by atoms with Crippen LogP contribution in [0.25, 0.3) is 0 Å². The SMILES string of the molecule is CCOc1cc(CNC(=NC)NCCC(C)c2ccc(OC)cc2)ccn1. The van der Waals surface area contributed by atoms with Gasteiger partial charge in [-0.05, 0) is 48.6 Å². The number of nitrogens with zero attached hydrogens (tertiary/aromatic N) is 2. The van der Waals surface area contributed by atoms with Crippen molar-refractivity contribution >= 4 is 5.96 Å². The molecule has 0 saturated heterocycles. The maximum atomic E-state index is 5.43. The van der Waals surface area contributed by atoms with E-state index >= 15 is 0 Å². The van der Waals surface area contributed by atoms with Gasteiger partial charge in [0.25, 0.3) is 0 Å². The number of ether oxygens (including phenoxy) is 2. The van der Waals surface area contributed by atoms with Crippen LogP contribution in [0.2, 0.25) is 0 Å². The third-order valence-corrected chi connectivity index (χ3v) is 4.33. The third kappa shape index (κ3) is 6.81. The van der Waals surface area contributed by atoms with Crippen LogP contribution >= 0.6 is 0 Å². The number of benzene rings is 1. The molecule has 2 aromatic rings. The quantitative estimate of drug-likeness (QED) is 0.523. The molecule has 0 bridgehead atoms. The van der Waals surface area contributed by atoms with E-state index in [4.69, 9.17) is 9.47 Å². The summed E-state index contributed by atoms with van der Waals surface area (Å²) < 4.78 is 10.6. The zero-order chi connectivity index (χ0) is 19.5. The maximum absolute atomic E-state index is 5.43. The van der Waals surface area contributed by atoms with Crippen molar-refractivity contribution in [3.8, 4) is 11.6 Å². The average molecular weight is 370 g/mol. The molecule has 0 aliphatic heterocycles. The Bertz CT molecular complexity index is 716. The Kier molecular flexibility index (Phi) is 8.42. The summed E-state index contributed by atoms with van der Waals surface area (Å²) in [4.78, 5) is 8.47.